The van der Waals surface area contributed by atoms with Crippen molar-refractivity contribution < 1.29 is 23.7 Å². The molecule has 2 aliphatic heterocycles. The zero-order valence-corrected chi connectivity index (χ0v) is 16.2. The molecule has 1 aromatic heterocycles. The molecule has 28 heavy (non-hydrogen) atoms. The first-order valence-corrected chi connectivity index (χ1v) is 9.98. The van der Waals surface area contributed by atoms with E-state index >= 15 is 0 Å². The molecular formula is C19H20FN4O3S+. The standard InChI is InChI=1S/C19H19FN4O3S/c1-12-10-28-16(21-12)9-17(25)23-6-4-22(5-7-23)11-24-15-3-2-13(20)8-14(15)18(26)19(24)27/h2-3,8,10H,4-7,9,11H2,1H3/p+1. The Kier molecular flexibility index (Phi) is 4.94. The molecule has 3 heterocycles. The predicted molar refractivity (Wildman–Crippen MR) is 101 cm³/mol. The molecule has 4 rings (SSSR count). The van der Waals surface area contributed by atoms with E-state index in [1.54, 1.807) is 0 Å². The molecule has 2 amide bonds. The molecule has 1 N–H and O–H groups in total. The Hall–Kier alpha value is -2.65. The summed E-state index contributed by atoms with van der Waals surface area (Å²) in [6, 6.07) is 3.84. The predicted octanol–water partition coefficient (Wildman–Crippen LogP) is 0.0472. The van der Waals surface area contributed by atoms with E-state index in [0.717, 1.165) is 21.7 Å². The molecular weight excluding hydrogens is 383 g/mol. The van der Waals surface area contributed by atoms with Crippen LogP contribution in [0.5, 0.6) is 0 Å². The second kappa shape index (κ2) is 7.40. The summed E-state index contributed by atoms with van der Waals surface area (Å²) in [4.78, 5) is 45.5. The number of quaternary nitrogens is 1. The number of halogens is 1. The maximum absolute atomic E-state index is 13.4. The number of fused-ring (bicyclic) bond motifs is 1. The van der Waals surface area contributed by atoms with E-state index < -0.39 is 17.5 Å². The van der Waals surface area contributed by atoms with Crippen LogP contribution in [-0.2, 0) is 16.0 Å². The third kappa shape index (κ3) is 3.55. The second-order valence-corrected chi connectivity index (χ2v) is 8.01. The van der Waals surface area contributed by atoms with Gasteiger partial charge >= 0.3 is 5.91 Å². The van der Waals surface area contributed by atoms with Crippen molar-refractivity contribution in [1.29, 1.82) is 0 Å². The van der Waals surface area contributed by atoms with E-state index in [2.05, 4.69) is 4.98 Å². The van der Waals surface area contributed by atoms with E-state index in [0.29, 0.717) is 45.0 Å². The van der Waals surface area contributed by atoms with Crippen molar-refractivity contribution in [2.24, 2.45) is 0 Å². The number of nitrogens with one attached hydrogen (secondary N) is 1. The topological polar surface area (TPSA) is 75.0 Å². The Balaban J connectivity index is 1.35. The number of hydrogen-bond acceptors (Lipinski definition) is 5. The molecule has 0 radical (unpaired) electrons. The van der Waals surface area contributed by atoms with Crippen LogP contribution in [0.25, 0.3) is 0 Å². The van der Waals surface area contributed by atoms with Crippen molar-refractivity contribution in [1.82, 2.24) is 9.88 Å². The fourth-order valence-corrected chi connectivity index (χ4v) is 4.37. The van der Waals surface area contributed by atoms with Crippen molar-refractivity contribution in [3.05, 3.63) is 45.7 Å². The lowest BCUT2D eigenvalue weighted by Gasteiger charge is -2.34. The number of anilines is 1. The molecule has 0 atom stereocenters. The minimum absolute atomic E-state index is 0.0571. The van der Waals surface area contributed by atoms with Gasteiger partial charge in [0.05, 0.1) is 43.9 Å². The van der Waals surface area contributed by atoms with Gasteiger partial charge in [-0.3, -0.25) is 19.3 Å². The lowest BCUT2D eigenvalue weighted by molar-refractivity contribution is -0.902. The molecule has 0 saturated carbocycles. The van der Waals surface area contributed by atoms with Crippen molar-refractivity contribution in [3.63, 3.8) is 0 Å². The molecule has 146 valence electrons. The minimum atomic E-state index is -0.665. The highest BCUT2D eigenvalue weighted by molar-refractivity contribution is 7.09. The molecule has 1 saturated heterocycles. The summed E-state index contributed by atoms with van der Waals surface area (Å²) in [5.41, 5.74) is 1.51. The number of piperazine rings is 1. The van der Waals surface area contributed by atoms with Gasteiger partial charge in [-0.25, -0.2) is 9.37 Å². The number of nitrogens with zero attached hydrogens (tertiary/aromatic N) is 3. The van der Waals surface area contributed by atoms with Crippen LogP contribution in [0.3, 0.4) is 0 Å². The Morgan fingerprint density at radius 2 is 2.04 bits per heavy atom. The highest BCUT2D eigenvalue weighted by atomic mass is 32.1. The Morgan fingerprint density at radius 1 is 1.29 bits per heavy atom. The molecule has 0 spiro atoms. The van der Waals surface area contributed by atoms with Gasteiger partial charge in [0, 0.05) is 11.1 Å². The maximum Gasteiger partial charge on any atom is 0.303 e. The Labute approximate surface area is 165 Å². The first kappa shape index (κ1) is 18.7. The summed E-state index contributed by atoms with van der Waals surface area (Å²) in [7, 11) is 0. The van der Waals surface area contributed by atoms with E-state index in [1.807, 2.05) is 17.2 Å². The average Bonchev–Trinajstić information content (AvgIpc) is 3.19. The van der Waals surface area contributed by atoms with Gasteiger partial charge in [-0.2, -0.15) is 0 Å². The van der Waals surface area contributed by atoms with Gasteiger partial charge in [-0.1, -0.05) is 0 Å². The Morgan fingerprint density at radius 3 is 2.71 bits per heavy atom. The minimum Gasteiger partial charge on any atom is -0.331 e. The first-order valence-electron chi connectivity index (χ1n) is 9.10. The zero-order chi connectivity index (χ0) is 19.8. The van der Waals surface area contributed by atoms with Gasteiger partial charge in [0.1, 0.15) is 10.8 Å². The molecule has 0 bridgehead atoms. The highest BCUT2D eigenvalue weighted by Crippen LogP contribution is 2.28. The van der Waals surface area contributed by atoms with Gasteiger partial charge in [-0.15, -0.1) is 11.3 Å². The molecule has 1 fully saturated rings. The number of hydrogen-bond donors (Lipinski definition) is 1. The summed E-state index contributed by atoms with van der Waals surface area (Å²) < 4.78 is 13.4. The van der Waals surface area contributed by atoms with Gasteiger partial charge in [0.25, 0.3) is 5.78 Å². The number of carbonyl (C=O) groups is 3. The van der Waals surface area contributed by atoms with Crippen LogP contribution < -0.4 is 9.80 Å². The van der Waals surface area contributed by atoms with Crippen LogP contribution in [-0.4, -0.2) is 60.3 Å². The van der Waals surface area contributed by atoms with E-state index in [4.69, 9.17) is 0 Å². The molecule has 2 aromatic rings. The van der Waals surface area contributed by atoms with E-state index in [9.17, 15) is 18.8 Å². The third-order valence-electron chi connectivity index (χ3n) is 5.11. The molecule has 0 aliphatic carbocycles. The van der Waals surface area contributed by atoms with Gasteiger partial charge in [0.2, 0.25) is 5.91 Å². The Bertz CT molecular complexity index is 952. The van der Waals surface area contributed by atoms with Crippen molar-refractivity contribution in [2.75, 3.05) is 37.7 Å². The van der Waals surface area contributed by atoms with Crippen LogP contribution in [0, 0.1) is 12.7 Å². The summed E-state index contributed by atoms with van der Waals surface area (Å²) in [5, 5.41) is 2.75. The number of carbonyl (C=O) groups excluding carboxylic acids is 3. The second-order valence-electron chi connectivity index (χ2n) is 7.07. The van der Waals surface area contributed by atoms with Gasteiger partial charge < -0.3 is 9.80 Å². The third-order valence-corrected chi connectivity index (χ3v) is 6.07. The molecule has 1 aromatic carbocycles. The van der Waals surface area contributed by atoms with Crippen LogP contribution in [0.2, 0.25) is 0 Å². The van der Waals surface area contributed by atoms with Crippen LogP contribution in [0.1, 0.15) is 21.1 Å². The van der Waals surface area contributed by atoms with Crippen LogP contribution in [0.15, 0.2) is 23.6 Å². The summed E-state index contributed by atoms with van der Waals surface area (Å²) in [5.74, 6) is -1.76. The van der Waals surface area contributed by atoms with Crippen LogP contribution in [0.4, 0.5) is 10.1 Å². The smallest absolute Gasteiger partial charge is 0.303 e. The zero-order valence-electron chi connectivity index (χ0n) is 15.4. The molecule has 7 nitrogen and oxygen atoms in total. The van der Waals surface area contributed by atoms with E-state index in [1.165, 1.54) is 28.4 Å². The van der Waals surface area contributed by atoms with Gasteiger partial charge in [-0.05, 0) is 25.1 Å². The van der Waals surface area contributed by atoms with Crippen molar-refractivity contribution in [3.8, 4) is 0 Å². The summed E-state index contributed by atoms with van der Waals surface area (Å²) >= 11 is 1.49. The number of ketones is 1. The largest absolute Gasteiger partial charge is 0.331 e. The number of aromatic nitrogens is 1. The molecule has 0 unspecified atom stereocenters. The summed E-state index contributed by atoms with van der Waals surface area (Å²) in [6.45, 7) is 4.77. The quantitative estimate of drug-likeness (QED) is 0.732. The number of rotatable bonds is 4. The first-order chi connectivity index (χ1) is 13.4. The fourth-order valence-electron chi connectivity index (χ4n) is 3.61. The lowest BCUT2D eigenvalue weighted by Crippen LogP contribution is -3.16. The number of Topliss-reactive ketones (excluding diaryl/α,β-unsaturated/α-hetero) is 1. The SMILES string of the molecule is Cc1csc(CC(=O)N2CC[NH+](CN3C(=O)C(=O)c4cc(F)ccc43)CC2)n1. The van der Waals surface area contributed by atoms with Crippen molar-refractivity contribution >= 4 is 34.6 Å². The average molecular weight is 403 g/mol. The monoisotopic (exact) mass is 403 g/mol. The maximum atomic E-state index is 13.4. The molecule has 2 aliphatic rings. The fraction of sp³-hybridized carbons (Fsp3) is 0.368. The van der Waals surface area contributed by atoms with E-state index in [-0.39, 0.29) is 11.5 Å². The van der Waals surface area contributed by atoms with Crippen molar-refractivity contribution in [2.45, 2.75) is 13.3 Å². The van der Waals surface area contributed by atoms with Gasteiger partial charge in [0.15, 0.2) is 6.67 Å². The number of aryl methyl sites for hydroxylation is 1. The lowest BCUT2D eigenvalue weighted by atomic mass is 10.1. The molecule has 9 heteroatoms. The van der Waals surface area contributed by atoms with Crippen LogP contribution >= 0.6 is 11.3 Å². The number of benzene rings is 1. The number of thiazole rings is 1. The normalized spacial score (nSPS) is 17.4. The highest BCUT2D eigenvalue weighted by Gasteiger charge is 2.38. The summed E-state index contributed by atoms with van der Waals surface area (Å²) in [6.07, 6.45) is 0.311. The number of amides is 2.